The molecule has 0 aliphatic heterocycles. The molecule has 0 N–H and O–H groups in total. The van der Waals surface area contributed by atoms with Crippen molar-refractivity contribution >= 4 is 43.5 Å². The van der Waals surface area contributed by atoms with E-state index >= 15 is 0 Å². The van der Waals surface area contributed by atoms with Crippen LogP contribution in [0.2, 0.25) is 0 Å². The molecule has 2 heterocycles. The summed E-state index contributed by atoms with van der Waals surface area (Å²) in [4.78, 5) is 10.6. The van der Waals surface area contributed by atoms with E-state index in [4.69, 9.17) is 9.97 Å². The van der Waals surface area contributed by atoms with Gasteiger partial charge in [-0.15, -0.1) is 0 Å². The van der Waals surface area contributed by atoms with Crippen LogP contribution in [0.15, 0.2) is 176 Å². The van der Waals surface area contributed by atoms with Crippen LogP contribution in [0.5, 0.6) is 0 Å². The molecule has 11 rings (SSSR count). The average molecular weight is 690 g/mol. The first kappa shape index (κ1) is 30.8. The van der Waals surface area contributed by atoms with E-state index in [1.54, 1.807) is 0 Å². The molecule has 0 bridgehead atoms. The topological polar surface area (TPSA) is 30.7 Å². The van der Waals surface area contributed by atoms with Crippen molar-refractivity contribution in [3.8, 4) is 50.6 Å². The van der Waals surface area contributed by atoms with Crippen molar-refractivity contribution in [3.05, 3.63) is 187 Å². The van der Waals surface area contributed by atoms with E-state index in [0.717, 1.165) is 38.8 Å². The molecular formula is C51H35N3. The first-order valence-electron chi connectivity index (χ1n) is 18.7. The Morgan fingerprint density at radius 2 is 1.09 bits per heavy atom. The molecule has 0 fully saturated rings. The highest BCUT2D eigenvalue weighted by atomic mass is 15.2. The summed E-state index contributed by atoms with van der Waals surface area (Å²) in [6.07, 6.45) is 0. The summed E-state index contributed by atoms with van der Waals surface area (Å²) in [5, 5.41) is 5.86. The van der Waals surface area contributed by atoms with E-state index in [9.17, 15) is 0 Å². The summed E-state index contributed by atoms with van der Waals surface area (Å²) in [5.74, 6) is 0.662. The van der Waals surface area contributed by atoms with Gasteiger partial charge in [-0.05, 0) is 85.6 Å². The first-order chi connectivity index (χ1) is 26.5. The largest absolute Gasteiger partial charge is 0.278 e. The minimum atomic E-state index is -0.0482. The highest BCUT2D eigenvalue weighted by molar-refractivity contribution is 6.21. The molecule has 254 valence electrons. The number of para-hydroxylation sites is 1. The van der Waals surface area contributed by atoms with Gasteiger partial charge >= 0.3 is 0 Å². The van der Waals surface area contributed by atoms with Crippen molar-refractivity contribution in [3.63, 3.8) is 0 Å². The molecule has 0 radical (unpaired) electrons. The van der Waals surface area contributed by atoms with Gasteiger partial charge < -0.3 is 0 Å². The van der Waals surface area contributed by atoms with E-state index in [-0.39, 0.29) is 5.41 Å². The van der Waals surface area contributed by atoms with Crippen molar-refractivity contribution in [2.24, 2.45) is 0 Å². The molecular weight excluding hydrogens is 655 g/mol. The molecule has 0 atom stereocenters. The van der Waals surface area contributed by atoms with Crippen molar-refractivity contribution in [1.82, 2.24) is 14.5 Å². The molecule has 3 heteroatoms. The average Bonchev–Trinajstić information content (AvgIpc) is 3.69. The third-order valence-corrected chi connectivity index (χ3v) is 11.6. The number of rotatable bonds is 4. The molecule has 3 nitrogen and oxygen atoms in total. The van der Waals surface area contributed by atoms with Crippen LogP contribution in [0.1, 0.15) is 25.0 Å². The SMILES string of the molecule is CC1(C)c2ccccc2-c2ccc(-c3cccc(-c4ccc5c6c7ccccc7ccc6n(-c6nc(-c7ccccc7)c7ccccc7n6)c5c4)c3)cc21. The highest BCUT2D eigenvalue weighted by Gasteiger charge is 2.35. The van der Waals surface area contributed by atoms with E-state index < -0.39 is 0 Å². The standard InChI is InChI=1S/C51H35N3/c1-51(2)43-21-10-8-19-39(43)40-26-23-36(30-44(40)51)34-16-12-17-35(29-34)37-24-27-42-47(31-37)54(46-28-25-32-13-6-7-18-38(32)48(42)46)50-52-45-22-11-9-20-41(45)49(53-50)33-14-4-3-5-15-33/h3-31H,1-2H3. The van der Waals surface area contributed by atoms with Crippen LogP contribution in [-0.2, 0) is 5.41 Å². The minimum absolute atomic E-state index is 0.0482. The van der Waals surface area contributed by atoms with Crippen molar-refractivity contribution < 1.29 is 0 Å². The fourth-order valence-electron chi connectivity index (χ4n) is 8.92. The van der Waals surface area contributed by atoms with Crippen LogP contribution >= 0.6 is 0 Å². The number of benzene rings is 8. The van der Waals surface area contributed by atoms with Crippen LogP contribution < -0.4 is 0 Å². The molecule has 8 aromatic carbocycles. The maximum atomic E-state index is 5.36. The van der Waals surface area contributed by atoms with Gasteiger partial charge in [0.05, 0.1) is 22.2 Å². The van der Waals surface area contributed by atoms with Gasteiger partial charge in [0.1, 0.15) is 0 Å². The second-order valence-corrected chi connectivity index (χ2v) is 15.0. The number of hydrogen-bond donors (Lipinski definition) is 0. The summed E-state index contributed by atoms with van der Waals surface area (Å²) in [7, 11) is 0. The number of aromatic nitrogens is 3. The molecule has 1 aliphatic carbocycles. The Morgan fingerprint density at radius 3 is 1.96 bits per heavy atom. The van der Waals surface area contributed by atoms with Crippen molar-refractivity contribution in [2.75, 3.05) is 0 Å². The summed E-state index contributed by atoms with van der Waals surface area (Å²) in [5.41, 5.74) is 15.3. The Balaban J connectivity index is 1.12. The van der Waals surface area contributed by atoms with Crippen LogP contribution in [-0.4, -0.2) is 14.5 Å². The molecule has 1 aliphatic rings. The summed E-state index contributed by atoms with van der Waals surface area (Å²) in [6, 6.07) is 63.6. The summed E-state index contributed by atoms with van der Waals surface area (Å²) in [6.45, 7) is 4.69. The molecule has 0 amide bonds. The van der Waals surface area contributed by atoms with Crippen LogP contribution in [0.25, 0.3) is 94.1 Å². The monoisotopic (exact) mass is 689 g/mol. The minimum Gasteiger partial charge on any atom is -0.278 e. The van der Waals surface area contributed by atoms with Crippen molar-refractivity contribution in [1.29, 1.82) is 0 Å². The molecule has 0 unspecified atom stereocenters. The zero-order valence-corrected chi connectivity index (χ0v) is 30.1. The summed E-state index contributed by atoms with van der Waals surface area (Å²) >= 11 is 0. The molecule has 2 aromatic heterocycles. The predicted molar refractivity (Wildman–Crippen MR) is 225 cm³/mol. The zero-order valence-electron chi connectivity index (χ0n) is 30.1. The Hall–Kier alpha value is -6.84. The molecule has 0 saturated carbocycles. The van der Waals surface area contributed by atoms with E-state index in [1.807, 2.05) is 6.07 Å². The van der Waals surface area contributed by atoms with E-state index in [1.165, 1.54) is 60.5 Å². The molecule has 10 aromatic rings. The third-order valence-electron chi connectivity index (χ3n) is 11.6. The first-order valence-corrected chi connectivity index (χ1v) is 18.7. The van der Waals surface area contributed by atoms with Gasteiger partial charge in [-0.2, -0.15) is 0 Å². The maximum absolute atomic E-state index is 5.36. The lowest BCUT2D eigenvalue weighted by Crippen LogP contribution is -2.14. The van der Waals surface area contributed by atoms with E-state index in [0.29, 0.717) is 5.95 Å². The second-order valence-electron chi connectivity index (χ2n) is 15.0. The Morgan fingerprint density at radius 1 is 0.426 bits per heavy atom. The Bertz CT molecular complexity index is 3130. The summed E-state index contributed by atoms with van der Waals surface area (Å²) < 4.78 is 2.27. The van der Waals surface area contributed by atoms with Crippen molar-refractivity contribution in [2.45, 2.75) is 19.3 Å². The zero-order chi connectivity index (χ0) is 36.0. The predicted octanol–water partition coefficient (Wildman–Crippen LogP) is 13.2. The molecule has 0 saturated heterocycles. The molecule has 54 heavy (non-hydrogen) atoms. The quantitative estimate of drug-likeness (QED) is 0.184. The molecule has 0 spiro atoms. The normalized spacial score (nSPS) is 13.1. The fourth-order valence-corrected chi connectivity index (χ4v) is 8.92. The van der Waals surface area contributed by atoms with Crippen LogP contribution in [0.3, 0.4) is 0 Å². The van der Waals surface area contributed by atoms with Gasteiger partial charge in [0.25, 0.3) is 0 Å². The lowest BCUT2D eigenvalue weighted by Gasteiger charge is -2.22. The number of fused-ring (bicyclic) bond motifs is 9. The third kappa shape index (κ3) is 4.55. The van der Waals surface area contributed by atoms with Crippen LogP contribution in [0.4, 0.5) is 0 Å². The number of nitrogens with zero attached hydrogens (tertiary/aromatic N) is 3. The van der Waals surface area contributed by atoms with Crippen LogP contribution in [0, 0.1) is 0 Å². The Kier molecular flexibility index (Phi) is 6.60. The van der Waals surface area contributed by atoms with Gasteiger partial charge in [-0.1, -0.05) is 159 Å². The smallest absolute Gasteiger partial charge is 0.235 e. The van der Waals surface area contributed by atoms with Gasteiger partial charge in [-0.25, -0.2) is 9.97 Å². The maximum Gasteiger partial charge on any atom is 0.235 e. The highest BCUT2D eigenvalue weighted by Crippen LogP contribution is 2.49. The van der Waals surface area contributed by atoms with E-state index in [2.05, 4.69) is 188 Å². The lowest BCUT2D eigenvalue weighted by molar-refractivity contribution is 0.660. The van der Waals surface area contributed by atoms with Gasteiger partial charge in [0.15, 0.2) is 0 Å². The fraction of sp³-hybridized carbons (Fsp3) is 0.0588. The van der Waals surface area contributed by atoms with Gasteiger partial charge in [0.2, 0.25) is 5.95 Å². The van der Waals surface area contributed by atoms with Gasteiger partial charge in [-0.3, -0.25) is 4.57 Å². The Labute approximate surface area is 313 Å². The lowest BCUT2D eigenvalue weighted by atomic mass is 9.81. The second kappa shape index (κ2) is 11.6. The number of hydrogen-bond acceptors (Lipinski definition) is 2. The van der Waals surface area contributed by atoms with Gasteiger partial charge in [0, 0.05) is 27.1 Å².